The van der Waals surface area contributed by atoms with Crippen LogP contribution in [0.1, 0.15) is 33.3 Å². The normalized spacial score (nSPS) is 11.9. The van der Waals surface area contributed by atoms with Crippen LogP contribution >= 0.6 is 11.3 Å². The van der Waals surface area contributed by atoms with Crippen molar-refractivity contribution in [3.05, 3.63) is 22.4 Å². The molecule has 0 aliphatic heterocycles. The van der Waals surface area contributed by atoms with Crippen LogP contribution in [0.3, 0.4) is 0 Å². The molecular formula is C15H28N2S. The smallest absolute Gasteiger partial charge is 0.0110 e. The minimum atomic E-state index is 0.645. The van der Waals surface area contributed by atoms with Crippen molar-refractivity contribution in [1.82, 2.24) is 10.2 Å². The average Bonchev–Trinajstić information content (AvgIpc) is 2.79. The van der Waals surface area contributed by atoms with E-state index in [1.807, 2.05) is 0 Å². The summed E-state index contributed by atoms with van der Waals surface area (Å²) in [6.07, 6.45) is 1.15. The first-order valence-corrected chi connectivity index (χ1v) is 7.99. The first-order valence-electron chi connectivity index (χ1n) is 7.05. The minimum Gasteiger partial charge on any atom is -0.315 e. The molecule has 2 nitrogen and oxygen atoms in total. The second-order valence-electron chi connectivity index (χ2n) is 5.61. The number of hydrogen-bond acceptors (Lipinski definition) is 3. The first-order chi connectivity index (χ1) is 8.59. The summed E-state index contributed by atoms with van der Waals surface area (Å²) >= 11 is 1.78. The van der Waals surface area contributed by atoms with Gasteiger partial charge in [-0.25, -0.2) is 0 Å². The molecule has 1 heterocycles. The number of rotatable bonds is 9. The lowest BCUT2D eigenvalue weighted by Crippen LogP contribution is -2.39. The van der Waals surface area contributed by atoms with Gasteiger partial charge in [0.2, 0.25) is 0 Å². The fourth-order valence-electron chi connectivity index (χ4n) is 2.04. The minimum absolute atomic E-state index is 0.645. The van der Waals surface area contributed by atoms with E-state index < -0.39 is 0 Å². The maximum Gasteiger partial charge on any atom is 0.0110 e. The third-order valence-corrected chi connectivity index (χ3v) is 3.81. The molecule has 3 heteroatoms. The van der Waals surface area contributed by atoms with Gasteiger partial charge in [-0.05, 0) is 55.1 Å². The van der Waals surface area contributed by atoms with Crippen LogP contribution in [-0.2, 0) is 6.42 Å². The molecule has 1 aromatic heterocycles. The van der Waals surface area contributed by atoms with Crippen LogP contribution < -0.4 is 5.32 Å². The summed E-state index contributed by atoms with van der Waals surface area (Å²) in [7, 11) is 0. The molecule has 1 aromatic rings. The molecule has 0 spiro atoms. The highest BCUT2D eigenvalue weighted by atomic mass is 32.1. The fraction of sp³-hybridized carbons (Fsp3) is 0.733. The zero-order chi connectivity index (χ0) is 13.4. The van der Waals surface area contributed by atoms with E-state index in [0.29, 0.717) is 6.04 Å². The second kappa shape index (κ2) is 8.68. The lowest BCUT2D eigenvalue weighted by molar-refractivity contribution is 0.198. The number of nitrogens with zero attached hydrogens (tertiary/aromatic N) is 1. The number of thiophene rings is 1. The molecule has 0 fully saturated rings. The van der Waals surface area contributed by atoms with Crippen LogP contribution in [-0.4, -0.2) is 37.1 Å². The second-order valence-corrected chi connectivity index (χ2v) is 6.39. The van der Waals surface area contributed by atoms with E-state index in [2.05, 4.69) is 54.7 Å². The highest BCUT2D eigenvalue weighted by Gasteiger charge is 2.10. The molecule has 0 atom stereocenters. The highest BCUT2D eigenvalue weighted by Crippen LogP contribution is 2.06. The Morgan fingerprint density at radius 2 is 2.00 bits per heavy atom. The highest BCUT2D eigenvalue weighted by molar-refractivity contribution is 7.07. The molecule has 104 valence electrons. The van der Waals surface area contributed by atoms with Gasteiger partial charge in [0, 0.05) is 25.7 Å². The summed E-state index contributed by atoms with van der Waals surface area (Å²) in [5.74, 6) is 0.748. The maximum atomic E-state index is 3.55. The quantitative estimate of drug-likeness (QED) is 0.692. The largest absolute Gasteiger partial charge is 0.315 e. The summed E-state index contributed by atoms with van der Waals surface area (Å²) in [5.41, 5.74) is 1.45. The van der Waals surface area contributed by atoms with Crippen LogP contribution in [0, 0.1) is 5.92 Å². The van der Waals surface area contributed by atoms with E-state index in [9.17, 15) is 0 Å². The molecular weight excluding hydrogens is 240 g/mol. The van der Waals surface area contributed by atoms with Gasteiger partial charge in [-0.3, -0.25) is 4.90 Å². The topological polar surface area (TPSA) is 15.3 Å². The third kappa shape index (κ3) is 6.53. The lowest BCUT2D eigenvalue weighted by Gasteiger charge is -2.28. The van der Waals surface area contributed by atoms with Crippen molar-refractivity contribution < 1.29 is 0 Å². The standard InChI is InChI=1S/C15H28N2S/c1-13(2)11-17(14(3)4)9-8-16-7-5-15-6-10-18-12-15/h6,10,12-14,16H,5,7-9,11H2,1-4H3. The Morgan fingerprint density at radius 1 is 1.22 bits per heavy atom. The molecule has 0 bridgehead atoms. The van der Waals surface area contributed by atoms with Crippen LogP contribution in [0.4, 0.5) is 0 Å². The molecule has 0 radical (unpaired) electrons. The number of hydrogen-bond donors (Lipinski definition) is 1. The summed E-state index contributed by atoms with van der Waals surface area (Å²) in [5, 5.41) is 7.93. The predicted octanol–water partition coefficient (Wildman–Crippen LogP) is 3.25. The zero-order valence-electron chi connectivity index (χ0n) is 12.3. The van der Waals surface area contributed by atoms with Crippen molar-refractivity contribution in [1.29, 1.82) is 0 Å². The van der Waals surface area contributed by atoms with E-state index in [-0.39, 0.29) is 0 Å². The molecule has 1 rings (SSSR count). The molecule has 18 heavy (non-hydrogen) atoms. The van der Waals surface area contributed by atoms with Crippen molar-refractivity contribution >= 4 is 11.3 Å². The van der Waals surface area contributed by atoms with Crippen molar-refractivity contribution in [2.45, 2.75) is 40.2 Å². The van der Waals surface area contributed by atoms with Crippen molar-refractivity contribution in [2.75, 3.05) is 26.2 Å². The Morgan fingerprint density at radius 3 is 2.56 bits per heavy atom. The summed E-state index contributed by atoms with van der Waals surface area (Å²) in [6, 6.07) is 2.86. The van der Waals surface area contributed by atoms with Gasteiger partial charge in [0.15, 0.2) is 0 Å². The monoisotopic (exact) mass is 268 g/mol. The Labute approximate surface area is 116 Å². The van der Waals surface area contributed by atoms with Gasteiger partial charge < -0.3 is 5.32 Å². The van der Waals surface area contributed by atoms with Gasteiger partial charge in [0.1, 0.15) is 0 Å². The van der Waals surface area contributed by atoms with E-state index in [1.165, 1.54) is 12.1 Å². The summed E-state index contributed by atoms with van der Waals surface area (Å²) in [4.78, 5) is 2.56. The van der Waals surface area contributed by atoms with Gasteiger partial charge in [0.25, 0.3) is 0 Å². The van der Waals surface area contributed by atoms with E-state index in [0.717, 1.165) is 32.0 Å². The van der Waals surface area contributed by atoms with Crippen LogP contribution in [0.15, 0.2) is 16.8 Å². The summed E-state index contributed by atoms with van der Waals surface area (Å²) < 4.78 is 0. The van der Waals surface area contributed by atoms with Gasteiger partial charge in [-0.15, -0.1) is 0 Å². The Kier molecular flexibility index (Phi) is 7.56. The van der Waals surface area contributed by atoms with Gasteiger partial charge in [0.05, 0.1) is 0 Å². The van der Waals surface area contributed by atoms with Gasteiger partial charge >= 0.3 is 0 Å². The van der Waals surface area contributed by atoms with Crippen molar-refractivity contribution in [3.8, 4) is 0 Å². The molecule has 0 aliphatic rings. The van der Waals surface area contributed by atoms with Crippen LogP contribution in [0.5, 0.6) is 0 Å². The molecule has 0 unspecified atom stereocenters. The van der Waals surface area contributed by atoms with E-state index in [4.69, 9.17) is 0 Å². The van der Waals surface area contributed by atoms with E-state index in [1.54, 1.807) is 11.3 Å². The molecule has 0 saturated carbocycles. The van der Waals surface area contributed by atoms with E-state index >= 15 is 0 Å². The molecule has 0 saturated heterocycles. The van der Waals surface area contributed by atoms with Crippen molar-refractivity contribution in [3.63, 3.8) is 0 Å². The SMILES string of the molecule is CC(C)CN(CCNCCc1ccsc1)C(C)C. The third-order valence-electron chi connectivity index (χ3n) is 3.08. The lowest BCUT2D eigenvalue weighted by atomic mass is 10.2. The Bertz CT molecular complexity index is 293. The van der Waals surface area contributed by atoms with Crippen LogP contribution in [0.25, 0.3) is 0 Å². The predicted molar refractivity (Wildman–Crippen MR) is 82.4 cm³/mol. The first kappa shape index (κ1) is 15.7. The van der Waals surface area contributed by atoms with Crippen LogP contribution in [0.2, 0.25) is 0 Å². The molecule has 1 N–H and O–H groups in total. The number of nitrogens with one attached hydrogen (secondary N) is 1. The Balaban J connectivity index is 2.11. The zero-order valence-corrected chi connectivity index (χ0v) is 13.1. The molecule has 0 aliphatic carbocycles. The molecule has 0 amide bonds. The van der Waals surface area contributed by atoms with Gasteiger partial charge in [-0.1, -0.05) is 13.8 Å². The summed E-state index contributed by atoms with van der Waals surface area (Å²) in [6.45, 7) is 13.7. The molecule has 0 aromatic carbocycles. The van der Waals surface area contributed by atoms with Crippen molar-refractivity contribution in [2.24, 2.45) is 5.92 Å². The average molecular weight is 268 g/mol. The fourth-order valence-corrected chi connectivity index (χ4v) is 2.75. The maximum absolute atomic E-state index is 3.55. The van der Waals surface area contributed by atoms with Gasteiger partial charge in [-0.2, -0.15) is 11.3 Å². The Hall–Kier alpha value is -0.380.